The SMILES string of the molecule is CC(NCCC1CCCCO1)c1ccccc1F. The van der Waals surface area contributed by atoms with Gasteiger partial charge in [-0.3, -0.25) is 0 Å². The Morgan fingerprint density at radius 1 is 1.39 bits per heavy atom. The van der Waals surface area contributed by atoms with Crippen molar-refractivity contribution in [2.75, 3.05) is 13.2 Å². The summed E-state index contributed by atoms with van der Waals surface area (Å²) < 4.78 is 19.2. The predicted octanol–water partition coefficient (Wildman–Crippen LogP) is 3.44. The van der Waals surface area contributed by atoms with Gasteiger partial charge in [-0.05, 0) is 45.2 Å². The third kappa shape index (κ3) is 3.79. The van der Waals surface area contributed by atoms with Crippen LogP contribution in [0.15, 0.2) is 24.3 Å². The molecule has 0 bridgehead atoms. The minimum Gasteiger partial charge on any atom is -0.378 e. The van der Waals surface area contributed by atoms with Crippen LogP contribution in [0, 0.1) is 5.82 Å². The molecule has 1 saturated heterocycles. The van der Waals surface area contributed by atoms with Crippen LogP contribution in [0.4, 0.5) is 4.39 Å². The molecule has 1 aromatic rings. The number of nitrogens with one attached hydrogen (secondary N) is 1. The van der Waals surface area contributed by atoms with E-state index in [0.717, 1.165) is 31.6 Å². The molecule has 1 aliphatic heterocycles. The lowest BCUT2D eigenvalue weighted by atomic mass is 10.1. The third-order valence-corrected chi connectivity index (χ3v) is 3.56. The molecule has 18 heavy (non-hydrogen) atoms. The first-order valence-electron chi connectivity index (χ1n) is 6.87. The molecule has 0 aliphatic carbocycles. The quantitative estimate of drug-likeness (QED) is 0.865. The third-order valence-electron chi connectivity index (χ3n) is 3.56. The molecular formula is C15H22FNO. The molecule has 1 heterocycles. The second-order valence-electron chi connectivity index (χ2n) is 4.97. The molecule has 0 aromatic heterocycles. The standard InChI is InChI=1S/C15H22FNO/c1-12(14-7-2-3-8-15(14)16)17-10-9-13-6-4-5-11-18-13/h2-3,7-8,12-13,17H,4-6,9-11H2,1H3. The number of halogens is 1. The van der Waals surface area contributed by atoms with Gasteiger partial charge in [-0.15, -0.1) is 0 Å². The first-order chi connectivity index (χ1) is 8.77. The molecule has 1 aromatic carbocycles. The molecule has 2 unspecified atom stereocenters. The molecular weight excluding hydrogens is 229 g/mol. The predicted molar refractivity (Wildman–Crippen MR) is 71.0 cm³/mol. The highest BCUT2D eigenvalue weighted by Gasteiger charge is 2.14. The molecule has 1 fully saturated rings. The van der Waals surface area contributed by atoms with Crippen LogP contribution in [0.3, 0.4) is 0 Å². The highest BCUT2D eigenvalue weighted by molar-refractivity contribution is 5.20. The second-order valence-corrected chi connectivity index (χ2v) is 4.97. The fourth-order valence-electron chi connectivity index (χ4n) is 2.43. The van der Waals surface area contributed by atoms with E-state index in [-0.39, 0.29) is 11.9 Å². The second kappa shape index (κ2) is 6.86. The van der Waals surface area contributed by atoms with E-state index in [4.69, 9.17) is 4.74 Å². The van der Waals surface area contributed by atoms with Gasteiger partial charge in [-0.25, -0.2) is 4.39 Å². The van der Waals surface area contributed by atoms with Gasteiger partial charge in [0.1, 0.15) is 5.82 Å². The van der Waals surface area contributed by atoms with E-state index < -0.39 is 0 Å². The van der Waals surface area contributed by atoms with Gasteiger partial charge < -0.3 is 10.1 Å². The Kier molecular flexibility index (Phi) is 5.14. The number of ether oxygens (including phenoxy) is 1. The summed E-state index contributed by atoms with van der Waals surface area (Å²) in [4.78, 5) is 0. The zero-order chi connectivity index (χ0) is 12.8. The highest BCUT2D eigenvalue weighted by Crippen LogP contribution is 2.18. The van der Waals surface area contributed by atoms with Crippen molar-refractivity contribution in [1.29, 1.82) is 0 Å². The van der Waals surface area contributed by atoms with Gasteiger partial charge >= 0.3 is 0 Å². The lowest BCUT2D eigenvalue weighted by Gasteiger charge is -2.23. The van der Waals surface area contributed by atoms with Crippen molar-refractivity contribution in [3.05, 3.63) is 35.6 Å². The number of rotatable bonds is 5. The molecule has 0 amide bonds. The summed E-state index contributed by atoms with van der Waals surface area (Å²) in [7, 11) is 0. The van der Waals surface area contributed by atoms with Crippen molar-refractivity contribution in [3.8, 4) is 0 Å². The van der Waals surface area contributed by atoms with E-state index in [1.807, 2.05) is 19.1 Å². The van der Waals surface area contributed by atoms with Crippen molar-refractivity contribution in [3.63, 3.8) is 0 Å². The van der Waals surface area contributed by atoms with E-state index in [1.165, 1.54) is 18.9 Å². The maximum absolute atomic E-state index is 13.6. The van der Waals surface area contributed by atoms with Crippen molar-refractivity contribution in [2.24, 2.45) is 0 Å². The van der Waals surface area contributed by atoms with Crippen LogP contribution >= 0.6 is 0 Å². The Morgan fingerprint density at radius 3 is 2.94 bits per heavy atom. The maximum atomic E-state index is 13.6. The summed E-state index contributed by atoms with van der Waals surface area (Å²) in [5.41, 5.74) is 0.738. The van der Waals surface area contributed by atoms with Crippen LogP contribution in [-0.2, 0) is 4.74 Å². The van der Waals surface area contributed by atoms with Crippen LogP contribution in [0.5, 0.6) is 0 Å². The number of benzene rings is 1. The fourth-order valence-corrected chi connectivity index (χ4v) is 2.43. The topological polar surface area (TPSA) is 21.3 Å². The summed E-state index contributed by atoms with van der Waals surface area (Å²) in [6.45, 7) is 3.77. The Hall–Kier alpha value is -0.930. The minimum atomic E-state index is -0.133. The zero-order valence-corrected chi connectivity index (χ0v) is 11.0. The van der Waals surface area contributed by atoms with E-state index in [2.05, 4.69) is 5.32 Å². The van der Waals surface area contributed by atoms with E-state index in [0.29, 0.717) is 6.10 Å². The van der Waals surface area contributed by atoms with E-state index in [9.17, 15) is 4.39 Å². The average Bonchev–Trinajstić information content (AvgIpc) is 2.40. The minimum absolute atomic E-state index is 0.0507. The summed E-state index contributed by atoms with van der Waals surface area (Å²) in [5.74, 6) is -0.133. The Labute approximate surface area is 109 Å². The molecule has 2 atom stereocenters. The summed E-state index contributed by atoms with van der Waals surface area (Å²) in [5, 5.41) is 3.37. The molecule has 2 nitrogen and oxygen atoms in total. The summed E-state index contributed by atoms with van der Waals surface area (Å²) >= 11 is 0. The van der Waals surface area contributed by atoms with Gasteiger partial charge in [0.05, 0.1) is 6.10 Å². The molecule has 0 saturated carbocycles. The smallest absolute Gasteiger partial charge is 0.127 e. The van der Waals surface area contributed by atoms with Crippen molar-refractivity contribution in [1.82, 2.24) is 5.32 Å². The Morgan fingerprint density at radius 2 is 2.22 bits per heavy atom. The molecule has 1 N–H and O–H groups in total. The summed E-state index contributed by atoms with van der Waals surface area (Å²) in [6, 6.07) is 7.00. The first kappa shape index (κ1) is 13.5. The van der Waals surface area contributed by atoms with Gasteiger partial charge in [0.25, 0.3) is 0 Å². The van der Waals surface area contributed by atoms with Crippen molar-refractivity contribution >= 4 is 0 Å². The Bertz CT molecular complexity index is 363. The van der Waals surface area contributed by atoms with E-state index >= 15 is 0 Å². The monoisotopic (exact) mass is 251 g/mol. The molecule has 100 valence electrons. The number of hydrogen-bond acceptors (Lipinski definition) is 2. The van der Waals surface area contributed by atoms with Gasteiger partial charge in [0.15, 0.2) is 0 Å². The molecule has 2 rings (SSSR count). The van der Waals surface area contributed by atoms with Gasteiger partial charge in [0, 0.05) is 18.2 Å². The lowest BCUT2D eigenvalue weighted by Crippen LogP contribution is -2.27. The van der Waals surface area contributed by atoms with Crippen LogP contribution in [0.1, 0.15) is 44.2 Å². The van der Waals surface area contributed by atoms with Crippen molar-refractivity contribution < 1.29 is 9.13 Å². The largest absolute Gasteiger partial charge is 0.378 e. The summed E-state index contributed by atoms with van der Waals surface area (Å²) in [6.07, 6.45) is 5.02. The van der Waals surface area contributed by atoms with Gasteiger partial charge in [-0.1, -0.05) is 18.2 Å². The Balaban J connectivity index is 1.74. The number of hydrogen-bond donors (Lipinski definition) is 1. The van der Waals surface area contributed by atoms with Crippen LogP contribution < -0.4 is 5.32 Å². The van der Waals surface area contributed by atoms with Crippen LogP contribution in [0.25, 0.3) is 0 Å². The van der Waals surface area contributed by atoms with Gasteiger partial charge in [0.2, 0.25) is 0 Å². The maximum Gasteiger partial charge on any atom is 0.127 e. The zero-order valence-electron chi connectivity index (χ0n) is 11.0. The first-order valence-corrected chi connectivity index (χ1v) is 6.87. The van der Waals surface area contributed by atoms with Crippen LogP contribution in [0.2, 0.25) is 0 Å². The van der Waals surface area contributed by atoms with Crippen LogP contribution in [-0.4, -0.2) is 19.3 Å². The average molecular weight is 251 g/mol. The normalized spacial score (nSPS) is 21.8. The fraction of sp³-hybridized carbons (Fsp3) is 0.600. The van der Waals surface area contributed by atoms with Gasteiger partial charge in [-0.2, -0.15) is 0 Å². The molecule has 0 spiro atoms. The highest BCUT2D eigenvalue weighted by atomic mass is 19.1. The van der Waals surface area contributed by atoms with E-state index in [1.54, 1.807) is 6.07 Å². The molecule has 0 radical (unpaired) electrons. The molecule has 3 heteroatoms. The molecule has 1 aliphatic rings. The van der Waals surface area contributed by atoms with Crippen molar-refractivity contribution in [2.45, 2.75) is 44.8 Å². The lowest BCUT2D eigenvalue weighted by molar-refractivity contribution is 0.0112.